The minimum Gasteiger partial charge on any atom is -0.457 e. The number of carbonyl (C=O) groups is 1. The molecule has 2 aromatic heterocycles. The van der Waals surface area contributed by atoms with E-state index >= 15 is 0 Å². The molecule has 9 nitrogen and oxygen atoms in total. The summed E-state index contributed by atoms with van der Waals surface area (Å²) >= 11 is 7.13. The number of hydrogen-bond acceptors (Lipinski definition) is 7. The van der Waals surface area contributed by atoms with Gasteiger partial charge in [0.15, 0.2) is 0 Å². The van der Waals surface area contributed by atoms with Crippen LogP contribution < -0.4 is 15.6 Å². The Morgan fingerprint density at radius 3 is 2.68 bits per heavy atom. The van der Waals surface area contributed by atoms with E-state index in [-0.39, 0.29) is 22.7 Å². The molecule has 0 aliphatic heterocycles. The van der Waals surface area contributed by atoms with Gasteiger partial charge in [-0.05, 0) is 50.1 Å². The standard InChI is InChI=1S/C23H19ClN4O5S/c1-4-27-11-25-22-19(23(27)30)13(3)20(34-22)21(29)26-14-8-15(28(31)32)10-17(9-14)33-16-5-6-18(24)12(2)7-16/h5-11H,4H2,1-3H3,(H,26,29). The van der Waals surface area contributed by atoms with Crippen molar-refractivity contribution in [3.8, 4) is 11.5 Å². The number of nitro groups is 1. The molecule has 0 radical (unpaired) electrons. The number of aryl methyl sites for hydroxylation is 3. The van der Waals surface area contributed by atoms with E-state index in [0.717, 1.165) is 16.9 Å². The van der Waals surface area contributed by atoms with E-state index in [9.17, 15) is 19.7 Å². The summed E-state index contributed by atoms with van der Waals surface area (Å²) in [5, 5.41) is 15.1. The number of aromatic nitrogens is 2. The summed E-state index contributed by atoms with van der Waals surface area (Å²) < 4.78 is 7.24. The molecule has 0 saturated heterocycles. The highest BCUT2D eigenvalue weighted by Gasteiger charge is 2.21. The third kappa shape index (κ3) is 4.50. The second-order valence-corrected chi connectivity index (χ2v) is 8.92. The lowest BCUT2D eigenvalue weighted by atomic mass is 10.2. The average Bonchev–Trinajstić information content (AvgIpc) is 3.13. The van der Waals surface area contributed by atoms with Gasteiger partial charge in [0.2, 0.25) is 0 Å². The number of rotatable bonds is 6. The molecule has 0 aliphatic carbocycles. The molecule has 0 unspecified atom stereocenters. The van der Waals surface area contributed by atoms with Crippen LogP contribution in [0.1, 0.15) is 27.7 Å². The maximum absolute atomic E-state index is 13.0. The van der Waals surface area contributed by atoms with Crippen molar-refractivity contribution in [2.75, 3.05) is 5.32 Å². The van der Waals surface area contributed by atoms with Crippen LogP contribution in [0.2, 0.25) is 5.02 Å². The number of ether oxygens (including phenoxy) is 1. The Labute approximate surface area is 202 Å². The molecule has 1 N–H and O–H groups in total. The van der Waals surface area contributed by atoms with Crippen LogP contribution in [0.4, 0.5) is 11.4 Å². The highest BCUT2D eigenvalue weighted by Crippen LogP contribution is 2.33. The van der Waals surface area contributed by atoms with Crippen LogP contribution in [0.3, 0.4) is 0 Å². The number of nitro benzene ring substituents is 1. The number of amides is 1. The van der Waals surface area contributed by atoms with Crippen LogP contribution in [-0.2, 0) is 6.54 Å². The number of thiophene rings is 1. The van der Waals surface area contributed by atoms with Gasteiger partial charge in [-0.15, -0.1) is 11.3 Å². The Balaban J connectivity index is 1.68. The Kier molecular flexibility index (Phi) is 6.36. The third-order valence-corrected chi connectivity index (χ3v) is 6.81. The summed E-state index contributed by atoms with van der Waals surface area (Å²) in [5.41, 5.74) is 1.00. The van der Waals surface area contributed by atoms with E-state index < -0.39 is 10.8 Å². The van der Waals surface area contributed by atoms with E-state index in [1.54, 1.807) is 25.1 Å². The van der Waals surface area contributed by atoms with Gasteiger partial charge in [0, 0.05) is 23.7 Å². The quantitative estimate of drug-likeness (QED) is 0.269. The maximum atomic E-state index is 13.0. The Hall–Kier alpha value is -3.76. The lowest BCUT2D eigenvalue weighted by molar-refractivity contribution is -0.384. The van der Waals surface area contributed by atoms with Gasteiger partial charge in [-0.1, -0.05) is 11.6 Å². The summed E-state index contributed by atoms with van der Waals surface area (Å²) in [4.78, 5) is 41.6. The SMILES string of the molecule is CCn1cnc2sc(C(=O)Nc3cc(Oc4ccc(Cl)c(C)c4)cc([N+](=O)[O-])c3)c(C)c2c1=O. The number of hydrogen-bond donors (Lipinski definition) is 1. The molecule has 0 aliphatic rings. The first kappa shape index (κ1) is 23.4. The second-order valence-electron chi connectivity index (χ2n) is 7.51. The predicted molar refractivity (Wildman–Crippen MR) is 132 cm³/mol. The first-order valence-electron chi connectivity index (χ1n) is 10.2. The molecule has 34 heavy (non-hydrogen) atoms. The summed E-state index contributed by atoms with van der Waals surface area (Å²) in [6, 6.07) is 9.00. The Morgan fingerprint density at radius 1 is 1.24 bits per heavy atom. The largest absolute Gasteiger partial charge is 0.457 e. The highest BCUT2D eigenvalue weighted by atomic mass is 35.5. The normalized spacial score (nSPS) is 10.9. The lowest BCUT2D eigenvalue weighted by Gasteiger charge is -2.10. The molecule has 11 heteroatoms. The van der Waals surface area contributed by atoms with E-state index in [0.29, 0.717) is 38.0 Å². The van der Waals surface area contributed by atoms with Gasteiger partial charge in [0.1, 0.15) is 16.3 Å². The number of carbonyl (C=O) groups excluding carboxylic acids is 1. The van der Waals surface area contributed by atoms with Crippen molar-refractivity contribution in [2.24, 2.45) is 0 Å². The van der Waals surface area contributed by atoms with Gasteiger partial charge in [-0.3, -0.25) is 24.3 Å². The topological polar surface area (TPSA) is 116 Å². The number of nitrogens with one attached hydrogen (secondary N) is 1. The molecular formula is C23H19ClN4O5S. The summed E-state index contributed by atoms with van der Waals surface area (Å²) in [7, 11) is 0. The van der Waals surface area contributed by atoms with E-state index in [1.165, 1.54) is 29.1 Å². The molecule has 0 fully saturated rings. The average molecular weight is 499 g/mol. The van der Waals surface area contributed by atoms with Gasteiger partial charge in [0.05, 0.1) is 33.3 Å². The molecule has 2 heterocycles. The molecular weight excluding hydrogens is 480 g/mol. The van der Waals surface area contributed by atoms with Crippen LogP contribution in [0.15, 0.2) is 47.5 Å². The molecule has 174 valence electrons. The monoisotopic (exact) mass is 498 g/mol. The third-order valence-electron chi connectivity index (χ3n) is 5.19. The number of anilines is 1. The Bertz CT molecular complexity index is 1510. The smallest absolute Gasteiger partial charge is 0.275 e. The van der Waals surface area contributed by atoms with Crippen LogP contribution >= 0.6 is 22.9 Å². The van der Waals surface area contributed by atoms with E-state index in [4.69, 9.17) is 16.3 Å². The molecule has 0 saturated carbocycles. The van der Waals surface area contributed by atoms with Crippen molar-refractivity contribution in [3.63, 3.8) is 0 Å². The van der Waals surface area contributed by atoms with Crippen molar-refractivity contribution in [3.05, 3.63) is 84.2 Å². The molecule has 0 spiro atoms. The number of halogens is 1. The summed E-state index contributed by atoms with van der Waals surface area (Å²) in [6.45, 7) is 5.78. The molecule has 4 rings (SSSR count). The molecule has 0 atom stereocenters. The van der Waals surface area contributed by atoms with Crippen LogP contribution in [0, 0.1) is 24.0 Å². The fraction of sp³-hybridized carbons (Fsp3) is 0.174. The zero-order valence-corrected chi connectivity index (χ0v) is 20.0. The zero-order valence-electron chi connectivity index (χ0n) is 18.4. The van der Waals surface area contributed by atoms with Crippen molar-refractivity contribution in [2.45, 2.75) is 27.3 Å². The predicted octanol–water partition coefficient (Wildman–Crippen LogP) is 5.70. The van der Waals surface area contributed by atoms with E-state index in [1.807, 2.05) is 13.8 Å². The second kappa shape index (κ2) is 9.24. The molecule has 2 aromatic carbocycles. The molecule has 0 bridgehead atoms. The lowest BCUT2D eigenvalue weighted by Crippen LogP contribution is -2.19. The van der Waals surface area contributed by atoms with Crippen molar-refractivity contribution in [1.82, 2.24) is 9.55 Å². The number of benzene rings is 2. The van der Waals surface area contributed by atoms with Gasteiger partial charge < -0.3 is 10.1 Å². The molecule has 1 amide bonds. The summed E-state index contributed by atoms with van der Waals surface area (Å²) in [6.07, 6.45) is 1.45. The van der Waals surface area contributed by atoms with Crippen LogP contribution in [0.25, 0.3) is 10.2 Å². The summed E-state index contributed by atoms with van der Waals surface area (Å²) in [5.74, 6) is 0.113. The van der Waals surface area contributed by atoms with Crippen LogP contribution in [-0.4, -0.2) is 20.4 Å². The van der Waals surface area contributed by atoms with Gasteiger partial charge in [-0.25, -0.2) is 4.98 Å². The first-order valence-corrected chi connectivity index (χ1v) is 11.4. The fourth-order valence-corrected chi connectivity index (χ4v) is 4.58. The van der Waals surface area contributed by atoms with Crippen molar-refractivity contribution < 1.29 is 14.5 Å². The van der Waals surface area contributed by atoms with E-state index in [2.05, 4.69) is 10.3 Å². The van der Waals surface area contributed by atoms with Gasteiger partial charge >= 0.3 is 0 Å². The maximum Gasteiger partial charge on any atom is 0.275 e. The van der Waals surface area contributed by atoms with Gasteiger partial charge in [-0.2, -0.15) is 0 Å². The molecule has 4 aromatic rings. The first-order chi connectivity index (χ1) is 16.2. The van der Waals surface area contributed by atoms with Gasteiger partial charge in [0.25, 0.3) is 17.2 Å². The Morgan fingerprint density at radius 2 is 2.00 bits per heavy atom. The fourth-order valence-electron chi connectivity index (χ4n) is 3.43. The van der Waals surface area contributed by atoms with Crippen LogP contribution in [0.5, 0.6) is 11.5 Å². The minimum absolute atomic E-state index is 0.173. The number of fused-ring (bicyclic) bond motifs is 1. The highest BCUT2D eigenvalue weighted by molar-refractivity contribution is 7.20. The zero-order chi connectivity index (χ0) is 24.6. The number of non-ortho nitro benzene ring substituents is 1. The van der Waals surface area contributed by atoms with Crippen molar-refractivity contribution in [1.29, 1.82) is 0 Å². The number of nitrogens with zero attached hydrogens (tertiary/aromatic N) is 3. The van der Waals surface area contributed by atoms with Crippen molar-refractivity contribution >= 4 is 50.4 Å². The minimum atomic E-state index is -0.572.